The Balaban J connectivity index is 2.04. The van der Waals surface area contributed by atoms with Crippen LogP contribution in [0.15, 0.2) is 51.7 Å². The normalized spacial score (nSPS) is 12.1. The first-order valence-electron chi connectivity index (χ1n) is 8.51. The first-order valence-corrected chi connectivity index (χ1v) is 10.4. The molecule has 2 aromatic heterocycles. The fraction of sp³-hybridized carbons (Fsp3) is 0.105. The highest BCUT2D eigenvalue weighted by atomic mass is 32.2. The highest BCUT2D eigenvalue weighted by Gasteiger charge is 2.23. The van der Waals surface area contributed by atoms with Crippen molar-refractivity contribution in [1.29, 1.82) is 5.26 Å². The molecule has 1 amide bonds. The van der Waals surface area contributed by atoms with Gasteiger partial charge in [0.15, 0.2) is 21.2 Å². The van der Waals surface area contributed by atoms with Gasteiger partial charge in [0.05, 0.1) is 23.7 Å². The first-order chi connectivity index (χ1) is 14.6. The second-order valence-electron chi connectivity index (χ2n) is 6.27. The lowest BCUT2D eigenvalue weighted by molar-refractivity contribution is -0.112. The van der Waals surface area contributed by atoms with Crippen LogP contribution in [0, 0.1) is 24.1 Å². The monoisotopic (exact) mass is 443 g/mol. The first kappa shape index (κ1) is 21.6. The van der Waals surface area contributed by atoms with Crippen molar-refractivity contribution in [3.05, 3.63) is 59.4 Å². The zero-order valence-corrected chi connectivity index (χ0v) is 16.9. The number of nitriles is 1. The molecule has 0 atom stereocenters. The molecule has 1 aromatic carbocycles. The van der Waals surface area contributed by atoms with Gasteiger partial charge in [0.25, 0.3) is 5.91 Å². The van der Waals surface area contributed by atoms with Crippen LogP contribution in [0.2, 0.25) is 0 Å². The standard InChI is InChI=1S/C19H14FN5O5S/c1-10-14(8-23-30-10)17(26)13(7-21)18(27)25-19-22-9-15(31(2,28)29)16(24-19)11-4-3-5-12(20)6-11/h3-6,8-9,26H,1-2H3,(H,22,24,25,27)/b17-13-. The van der Waals surface area contributed by atoms with Crippen molar-refractivity contribution in [2.24, 2.45) is 0 Å². The summed E-state index contributed by atoms with van der Waals surface area (Å²) in [5, 5.41) is 25.2. The second kappa shape index (κ2) is 8.33. The summed E-state index contributed by atoms with van der Waals surface area (Å²) in [5.41, 5.74) is -0.638. The molecule has 0 bridgehead atoms. The Labute approximate surface area is 175 Å². The third kappa shape index (κ3) is 4.57. The van der Waals surface area contributed by atoms with E-state index in [1.165, 1.54) is 25.1 Å². The maximum Gasteiger partial charge on any atom is 0.272 e. The van der Waals surface area contributed by atoms with Crippen molar-refractivity contribution in [1.82, 2.24) is 15.1 Å². The van der Waals surface area contributed by atoms with Crippen LogP contribution in [0.3, 0.4) is 0 Å². The molecule has 2 heterocycles. The Morgan fingerprint density at radius 1 is 1.32 bits per heavy atom. The zero-order chi connectivity index (χ0) is 22.8. The lowest BCUT2D eigenvalue weighted by Gasteiger charge is -2.10. The summed E-state index contributed by atoms with van der Waals surface area (Å²) in [6.07, 6.45) is 3.02. The molecule has 0 unspecified atom stereocenters. The fourth-order valence-electron chi connectivity index (χ4n) is 2.58. The maximum atomic E-state index is 13.7. The number of hydrogen-bond acceptors (Lipinski definition) is 9. The molecule has 0 aliphatic heterocycles. The van der Waals surface area contributed by atoms with Gasteiger partial charge in [-0.2, -0.15) is 5.26 Å². The van der Waals surface area contributed by atoms with Crippen molar-refractivity contribution >= 4 is 27.5 Å². The number of nitrogens with one attached hydrogen (secondary N) is 1. The number of halogens is 1. The van der Waals surface area contributed by atoms with Crippen LogP contribution in [-0.4, -0.2) is 40.8 Å². The highest BCUT2D eigenvalue weighted by Crippen LogP contribution is 2.27. The lowest BCUT2D eigenvalue weighted by atomic mass is 10.1. The van der Waals surface area contributed by atoms with E-state index in [1.54, 1.807) is 6.07 Å². The topological polar surface area (TPSA) is 159 Å². The number of aromatic nitrogens is 3. The molecular weight excluding hydrogens is 429 g/mol. The predicted octanol–water partition coefficient (Wildman–Crippen LogP) is 2.41. The quantitative estimate of drug-likeness (QED) is 0.343. The molecule has 0 radical (unpaired) electrons. The number of amides is 1. The average Bonchev–Trinajstić information content (AvgIpc) is 3.13. The van der Waals surface area contributed by atoms with E-state index in [4.69, 9.17) is 4.52 Å². The predicted molar refractivity (Wildman–Crippen MR) is 106 cm³/mol. The average molecular weight is 443 g/mol. The Morgan fingerprint density at radius 3 is 2.65 bits per heavy atom. The molecule has 0 aliphatic carbocycles. The summed E-state index contributed by atoms with van der Waals surface area (Å²) >= 11 is 0. The minimum absolute atomic E-state index is 0.0421. The molecular formula is C19H14FN5O5S. The van der Waals surface area contributed by atoms with Crippen LogP contribution in [-0.2, 0) is 14.6 Å². The number of nitrogens with zero attached hydrogens (tertiary/aromatic N) is 4. The Hall–Kier alpha value is -4.11. The van der Waals surface area contributed by atoms with Gasteiger partial charge in [-0.15, -0.1) is 0 Å². The number of sulfone groups is 1. The lowest BCUT2D eigenvalue weighted by Crippen LogP contribution is -2.18. The molecule has 31 heavy (non-hydrogen) atoms. The van der Waals surface area contributed by atoms with Crippen molar-refractivity contribution < 1.29 is 27.2 Å². The van der Waals surface area contributed by atoms with Gasteiger partial charge in [-0.25, -0.2) is 22.8 Å². The summed E-state index contributed by atoms with van der Waals surface area (Å²) < 4.78 is 42.6. The van der Waals surface area contributed by atoms with E-state index >= 15 is 0 Å². The summed E-state index contributed by atoms with van der Waals surface area (Å²) in [4.78, 5) is 20.0. The minimum Gasteiger partial charge on any atom is -0.506 e. The van der Waals surface area contributed by atoms with Gasteiger partial charge in [-0.3, -0.25) is 10.1 Å². The Kier molecular flexibility index (Phi) is 5.80. The van der Waals surface area contributed by atoms with E-state index in [1.807, 2.05) is 0 Å². The molecule has 158 valence electrons. The fourth-order valence-corrected chi connectivity index (χ4v) is 3.34. The molecule has 12 heteroatoms. The molecule has 3 aromatic rings. The zero-order valence-electron chi connectivity index (χ0n) is 16.1. The van der Waals surface area contributed by atoms with Crippen LogP contribution < -0.4 is 5.32 Å². The molecule has 3 rings (SSSR count). The molecule has 0 saturated carbocycles. The van der Waals surface area contributed by atoms with Gasteiger partial charge < -0.3 is 9.63 Å². The molecule has 2 N–H and O–H groups in total. The second-order valence-corrected chi connectivity index (χ2v) is 8.26. The van der Waals surface area contributed by atoms with Gasteiger partial charge in [-0.1, -0.05) is 17.3 Å². The summed E-state index contributed by atoms with van der Waals surface area (Å²) in [6, 6.07) is 6.63. The maximum absolute atomic E-state index is 13.7. The van der Waals surface area contributed by atoms with E-state index in [-0.39, 0.29) is 33.4 Å². The van der Waals surface area contributed by atoms with Crippen LogP contribution >= 0.6 is 0 Å². The van der Waals surface area contributed by atoms with Crippen molar-refractivity contribution in [3.8, 4) is 17.3 Å². The highest BCUT2D eigenvalue weighted by molar-refractivity contribution is 7.90. The molecule has 0 aliphatic rings. The van der Waals surface area contributed by atoms with Crippen LogP contribution in [0.5, 0.6) is 0 Å². The summed E-state index contributed by atoms with van der Waals surface area (Å²) in [6.45, 7) is 1.48. The van der Waals surface area contributed by atoms with Crippen molar-refractivity contribution in [2.45, 2.75) is 11.8 Å². The van der Waals surface area contributed by atoms with Gasteiger partial charge in [0.2, 0.25) is 5.95 Å². The van der Waals surface area contributed by atoms with E-state index in [0.717, 1.165) is 24.7 Å². The Morgan fingerprint density at radius 2 is 2.06 bits per heavy atom. The number of hydrogen-bond donors (Lipinski definition) is 2. The molecule has 0 fully saturated rings. The number of aryl methyl sites for hydroxylation is 1. The largest absolute Gasteiger partial charge is 0.506 e. The van der Waals surface area contributed by atoms with Gasteiger partial charge in [-0.05, 0) is 19.1 Å². The molecule has 10 nitrogen and oxygen atoms in total. The van der Waals surface area contributed by atoms with Crippen LogP contribution in [0.25, 0.3) is 17.0 Å². The minimum atomic E-state index is -3.79. The third-order valence-electron chi connectivity index (χ3n) is 4.06. The third-order valence-corrected chi connectivity index (χ3v) is 5.16. The summed E-state index contributed by atoms with van der Waals surface area (Å²) in [7, 11) is -3.79. The number of anilines is 1. The van der Waals surface area contributed by atoms with Crippen LogP contribution in [0.1, 0.15) is 11.3 Å². The van der Waals surface area contributed by atoms with E-state index in [0.29, 0.717) is 0 Å². The van der Waals surface area contributed by atoms with Gasteiger partial charge in [0.1, 0.15) is 22.5 Å². The van der Waals surface area contributed by atoms with Crippen molar-refractivity contribution in [2.75, 3.05) is 11.6 Å². The van der Waals surface area contributed by atoms with Crippen LogP contribution in [0.4, 0.5) is 10.3 Å². The molecule has 0 spiro atoms. The SMILES string of the molecule is Cc1oncc1/C(O)=C(\C#N)C(=O)Nc1ncc(S(C)(=O)=O)c(-c2cccc(F)c2)n1. The summed E-state index contributed by atoms with van der Waals surface area (Å²) in [5.74, 6) is -2.53. The van der Waals surface area contributed by atoms with Gasteiger partial charge in [0, 0.05) is 11.8 Å². The Bertz CT molecular complexity index is 1360. The number of aliphatic hydroxyl groups is 1. The van der Waals surface area contributed by atoms with Gasteiger partial charge >= 0.3 is 0 Å². The van der Waals surface area contributed by atoms with E-state index < -0.39 is 32.9 Å². The number of carbonyl (C=O) groups is 1. The molecule has 0 saturated heterocycles. The van der Waals surface area contributed by atoms with E-state index in [2.05, 4.69) is 20.4 Å². The van der Waals surface area contributed by atoms with E-state index in [9.17, 15) is 28.0 Å². The number of carbonyl (C=O) groups excluding carboxylic acids is 1. The number of benzene rings is 1. The number of aliphatic hydroxyl groups excluding tert-OH is 1. The number of rotatable bonds is 5. The smallest absolute Gasteiger partial charge is 0.272 e. The van der Waals surface area contributed by atoms with Crippen molar-refractivity contribution in [3.63, 3.8) is 0 Å².